The van der Waals surface area contributed by atoms with Gasteiger partial charge >= 0.3 is 0 Å². The predicted molar refractivity (Wildman–Crippen MR) is 202 cm³/mol. The van der Waals surface area contributed by atoms with E-state index in [2.05, 4.69) is 63.7 Å². The molecule has 0 aliphatic carbocycles. The molecule has 6 rings (SSSR count). The van der Waals surface area contributed by atoms with Crippen LogP contribution < -0.4 is 10.1 Å². The van der Waals surface area contributed by atoms with Gasteiger partial charge in [0.25, 0.3) is 5.91 Å². The Hall–Kier alpha value is -5.05. The number of β-amino-alcohol motifs (C(OH)–C–C–N with tert-alkyl or cyclic N) is 1. The molecule has 1 aromatic heterocycles. The third-order valence-electron chi connectivity index (χ3n) is 9.62. The van der Waals surface area contributed by atoms with Crippen LogP contribution in [0.15, 0.2) is 128 Å². The SMILES string of the molecule is O=C(NC(CCCc1ccccc1)CCCc1ccccc1)C1CN(C[C@@H](O)COc2cccc3ncccc23)CCN1C(=O)c1ccccc1. The molecule has 2 amide bonds. The highest BCUT2D eigenvalue weighted by Crippen LogP contribution is 2.24. The number of carbonyl (C=O) groups excluding carboxylic acids is 2. The van der Waals surface area contributed by atoms with Crippen molar-refractivity contribution in [3.05, 3.63) is 144 Å². The normalized spacial score (nSPS) is 15.5. The summed E-state index contributed by atoms with van der Waals surface area (Å²) in [6, 6.07) is 38.8. The Bertz CT molecular complexity index is 1770. The summed E-state index contributed by atoms with van der Waals surface area (Å²) < 4.78 is 6.05. The highest BCUT2D eigenvalue weighted by atomic mass is 16.5. The van der Waals surface area contributed by atoms with Crippen molar-refractivity contribution < 1.29 is 19.4 Å². The van der Waals surface area contributed by atoms with Gasteiger partial charge in [-0.15, -0.1) is 0 Å². The monoisotopic (exact) mass is 684 g/mol. The minimum atomic E-state index is -0.791. The van der Waals surface area contributed by atoms with E-state index < -0.39 is 12.1 Å². The first-order chi connectivity index (χ1) is 25.0. The van der Waals surface area contributed by atoms with Crippen LogP contribution in [0.2, 0.25) is 0 Å². The van der Waals surface area contributed by atoms with Gasteiger partial charge in [-0.1, -0.05) is 84.9 Å². The molecular formula is C43H48N4O4. The fraction of sp³-hybridized carbons (Fsp3) is 0.326. The molecule has 0 radical (unpaired) electrons. The summed E-state index contributed by atoms with van der Waals surface area (Å²) in [5.74, 6) is 0.358. The summed E-state index contributed by atoms with van der Waals surface area (Å²) in [5.41, 5.74) is 3.96. The maximum atomic E-state index is 14.3. The van der Waals surface area contributed by atoms with E-state index in [-0.39, 0.29) is 24.5 Å². The van der Waals surface area contributed by atoms with Crippen molar-refractivity contribution in [2.24, 2.45) is 0 Å². The lowest BCUT2D eigenvalue weighted by Gasteiger charge is -2.41. The summed E-state index contributed by atoms with van der Waals surface area (Å²) >= 11 is 0. The molecule has 5 aromatic rings. The first-order valence-electron chi connectivity index (χ1n) is 18.1. The summed E-state index contributed by atoms with van der Waals surface area (Å²) in [6.07, 6.45) is 6.42. The van der Waals surface area contributed by atoms with E-state index >= 15 is 0 Å². The van der Waals surface area contributed by atoms with Gasteiger partial charge in [-0.25, -0.2) is 0 Å². The van der Waals surface area contributed by atoms with Gasteiger partial charge in [0.1, 0.15) is 24.5 Å². The van der Waals surface area contributed by atoms with Gasteiger partial charge in [-0.05, 0) is 86.1 Å². The van der Waals surface area contributed by atoms with Crippen LogP contribution in [-0.4, -0.2) is 82.7 Å². The number of benzene rings is 4. The maximum absolute atomic E-state index is 14.3. The zero-order valence-electron chi connectivity index (χ0n) is 29.1. The van der Waals surface area contributed by atoms with Gasteiger partial charge in [0.2, 0.25) is 5.91 Å². The van der Waals surface area contributed by atoms with Crippen LogP contribution in [0, 0.1) is 0 Å². The Morgan fingerprint density at radius 1 is 0.784 bits per heavy atom. The van der Waals surface area contributed by atoms with E-state index in [4.69, 9.17) is 4.74 Å². The second-order valence-electron chi connectivity index (χ2n) is 13.4. The van der Waals surface area contributed by atoms with E-state index in [1.807, 2.05) is 60.7 Å². The Morgan fingerprint density at radius 2 is 1.43 bits per heavy atom. The topological polar surface area (TPSA) is 95.0 Å². The first kappa shape index (κ1) is 35.8. The van der Waals surface area contributed by atoms with Crippen molar-refractivity contribution in [2.75, 3.05) is 32.8 Å². The fourth-order valence-electron chi connectivity index (χ4n) is 6.94. The molecule has 0 spiro atoms. The first-order valence-corrected chi connectivity index (χ1v) is 18.1. The largest absolute Gasteiger partial charge is 0.490 e. The highest BCUT2D eigenvalue weighted by Gasteiger charge is 2.37. The smallest absolute Gasteiger partial charge is 0.254 e. The molecule has 1 fully saturated rings. The summed E-state index contributed by atoms with van der Waals surface area (Å²) in [4.78, 5) is 36.2. The molecular weight excluding hydrogens is 636 g/mol. The van der Waals surface area contributed by atoms with Gasteiger partial charge < -0.3 is 20.1 Å². The lowest BCUT2D eigenvalue weighted by atomic mass is 9.98. The average molecular weight is 685 g/mol. The molecule has 2 atom stereocenters. The molecule has 51 heavy (non-hydrogen) atoms. The molecule has 8 nitrogen and oxygen atoms in total. The third kappa shape index (κ3) is 10.2. The molecule has 264 valence electrons. The van der Waals surface area contributed by atoms with Gasteiger partial charge in [0, 0.05) is 49.4 Å². The summed E-state index contributed by atoms with van der Waals surface area (Å²) in [7, 11) is 0. The van der Waals surface area contributed by atoms with E-state index in [0.29, 0.717) is 37.5 Å². The molecule has 2 N–H and O–H groups in total. The Labute approximate surface area is 301 Å². The number of aromatic nitrogens is 1. The molecule has 0 bridgehead atoms. The summed E-state index contributed by atoms with van der Waals surface area (Å²) in [6.45, 7) is 1.65. The second kappa shape index (κ2) is 18.3. The van der Waals surface area contributed by atoms with Crippen molar-refractivity contribution >= 4 is 22.7 Å². The van der Waals surface area contributed by atoms with Crippen molar-refractivity contribution in [1.29, 1.82) is 0 Å². The fourth-order valence-corrected chi connectivity index (χ4v) is 6.94. The number of amides is 2. The van der Waals surface area contributed by atoms with Crippen molar-refractivity contribution in [3.8, 4) is 5.75 Å². The van der Waals surface area contributed by atoms with E-state index in [1.54, 1.807) is 23.2 Å². The Morgan fingerprint density at radius 3 is 2.10 bits per heavy atom. The van der Waals surface area contributed by atoms with Crippen molar-refractivity contribution in [1.82, 2.24) is 20.1 Å². The van der Waals surface area contributed by atoms with Crippen LogP contribution in [-0.2, 0) is 17.6 Å². The van der Waals surface area contributed by atoms with Crippen LogP contribution in [0.25, 0.3) is 10.9 Å². The lowest BCUT2D eigenvalue weighted by molar-refractivity contribution is -0.128. The number of hydrogen-bond donors (Lipinski definition) is 2. The van der Waals surface area contributed by atoms with Gasteiger partial charge in [-0.3, -0.25) is 19.5 Å². The molecule has 1 saturated heterocycles. The second-order valence-corrected chi connectivity index (χ2v) is 13.4. The molecule has 1 unspecified atom stereocenters. The van der Waals surface area contributed by atoms with Crippen LogP contribution in [0.1, 0.15) is 47.2 Å². The zero-order valence-corrected chi connectivity index (χ0v) is 29.1. The van der Waals surface area contributed by atoms with Crippen LogP contribution in [0.3, 0.4) is 0 Å². The van der Waals surface area contributed by atoms with Crippen molar-refractivity contribution in [3.63, 3.8) is 0 Å². The molecule has 4 aromatic carbocycles. The lowest BCUT2D eigenvalue weighted by Crippen LogP contribution is -2.62. The van der Waals surface area contributed by atoms with E-state index in [1.165, 1.54) is 11.1 Å². The van der Waals surface area contributed by atoms with Crippen LogP contribution in [0.4, 0.5) is 0 Å². The number of piperazine rings is 1. The van der Waals surface area contributed by atoms with Crippen LogP contribution in [0.5, 0.6) is 5.75 Å². The van der Waals surface area contributed by atoms with Crippen LogP contribution >= 0.6 is 0 Å². The molecule has 1 aliphatic heterocycles. The number of nitrogens with zero attached hydrogens (tertiary/aromatic N) is 3. The molecule has 0 saturated carbocycles. The minimum absolute atomic E-state index is 0.0249. The number of ether oxygens (including phenoxy) is 1. The Kier molecular flexibility index (Phi) is 12.8. The zero-order chi connectivity index (χ0) is 35.3. The minimum Gasteiger partial charge on any atom is -0.490 e. The van der Waals surface area contributed by atoms with Gasteiger partial charge in [-0.2, -0.15) is 0 Å². The number of aliphatic hydroxyl groups is 1. The molecule has 2 heterocycles. The number of aliphatic hydroxyl groups excluding tert-OH is 1. The van der Waals surface area contributed by atoms with E-state index in [0.717, 1.165) is 49.4 Å². The summed E-state index contributed by atoms with van der Waals surface area (Å²) in [5, 5.41) is 15.3. The van der Waals surface area contributed by atoms with E-state index in [9.17, 15) is 14.7 Å². The number of carbonyl (C=O) groups is 2. The molecule has 8 heteroatoms. The number of aryl methyl sites for hydroxylation is 2. The number of rotatable bonds is 16. The predicted octanol–water partition coefficient (Wildman–Crippen LogP) is 6.33. The van der Waals surface area contributed by atoms with Crippen molar-refractivity contribution in [2.45, 2.75) is 56.7 Å². The number of pyridine rings is 1. The van der Waals surface area contributed by atoms with Gasteiger partial charge in [0.05, 0.1) is 5.52 Å². The molecule has 1 aliphatic rings. The average Bonchev–Trinajstić information content (AvgIpc) is 3.18. The number of fused-ring (bicyclic) bond motifs is 1. The number of nitrogens with one attached hydrogen (secondary N) is 1. The number of hydrogen-bond acceptors (Lipinski definition) is 6. The quantitative estimate of drug-likeness (QED) is 0.126. The maximum Gasteiger partial charge on any atom is 0.254 e. The highest BCUT2D eigenvalue weighted by molar-refractivity contribution is 5.97. The Balaban J connectivity index is 1.12. The van der Waals surface area contributed by atoms with Gasteiger partial charge in [0.15, 0.2) is 0 Å². The standard InChI is InChI=1S/C43H48N4O4/c48-37(32-51-41-26-12-25-39-38(41)24-13-27-44-39)30-46-28-29-47(43(50)35-20-8-3-9-21-35)40(31-46)42(49)45-36(22-10-18-33-14-4-1-5-15-33)23-11-19-34-16-6-2-7-17-34/h1-9,12-17,20-21,24-27,36-37,40,48H,10-11,18-19,22-23,28-32H2,(H,45,49)/t37-,40?/m1/s1. The third-order valence-corrected chi connectivity index (χ3v) is 9.62.